The van der Waals surface area contributed by atoms with Gasteiger partial charge in [-0.15, -0.1) is 0 Å². The monoisotopic (exact) mass is 474 g/mol. The average Bonchev–Trinajstić information content (AvgIpc) is 2.74. The summed E-state index contributed by atoms with van der Waals surface area (Å²) in [6.07, 6.45) is 3.21. The Labute approximate surface area is 197 Å². The lowest BCUT2D eigenvalue weighted by atomic mass is 10.1. The lowest BCUT2D eigenvalue weighted by Gasteiger charge is -2.13. The van der Waals surface area contributed by atoms with Crippen molar-refractivity contribution >= 4 is 46.7 Å². The van der Waals surface area contributed by atoms with Gasteiger partial charge in [0.2, 0.25) is 0 Å². The van der Waals surface area contributed by atoms with E-state index < -0.39 is 0 Å². The number of allylic oxidation sites excluding steroid dienone is 1. The Kier molecular flexibility index (Phi) is 7.66. The molecule has 0 fully saturated rings. The molecule has 0 unspecified atom stereocenters. The zero-order chi connectivity index (χ0) is 22.5. The third kappa shape index (κ3) is 5.82. The number of hydrogen-bond acceptors (Lipinski definition) is 3. The molecule has 0 aliphatic heterocycles. The second-order valence-electron chi connectivity index (χ2n) is 7.05. The summed E-state index contributed by atoms with van der Waals surface area (Å²) in [7, 11) is 1.61. The first-order valence-corrected chi connectivity index (χ1v) is 10.7. The van der Waals surface area contributed by atoms with Gasteiger partial charge < -0.3 is 9.47 Å². The van der Waals surface area contributed by atoms with Gasteiger partial charge in [-0.3, -0.25) is 4.79 Å². The number of ether oxygens (including phenoxy) is 2. The molecule has 3 aromatic rings. The molecular formula is C25H21Cl3O3. The van der Waals surface area contributed by atoms with Crippen LogP contribution in [0.15, 0.2) is 54.6 Å². The van der Waals surface area contributed by atoms with E-state index in [0.717, 1.165) is 33.0 Å². The van der Waals surface area contributed by atoms with Crippen LogP contribution in [0, 0.1) is 13.8 Å². The molecular weight excluding hydrogens is 455 g/mol. The summed E-state index contributed by atoms with van der Waals surface area (Å²) in [6, 6.07) is 14.2. The van der Waals surface area contributed by atoms with Crippen molar-refractivity contribution in [3.05, 3.63) is 97.5 Å². The summed E-state index contributed by atoms with van der Waals surface area (Å²) in [4.78, 5) is 12.5. The molecule has 3 rings (SSSR count). The Morgan fingerprint density at radius 3 is 2.32 bits per heavy atom. The largest absolute Gasteiger partial charge is 0.496 e. The van der Waals surface area contributed by atoms with E-state index in [0.29, 0.717) is 28.0 Å². The van der Waals surface area contributed by atoms with Crippen LogP contribution in [0.4, 0.5) is 0 Å². The number of halogens is 3. The normalized spacial score (nSPS) is 11.0. The molecule has 0 bridgehead atoms. The molecule has 0 aromatic heterocycles. The standard InChI is InChI=1S/C25H21Cl3O3/c1-15-10-20(11-16(2)25(15)28)31-14-18-12-17(5-9-24(18)30-3)4-8-23(29)21-7-6-19(26)13-22(21)27/h4-13H,14H2,1-3H3/b8-4+. The quantitative estimate of drug-likeness (QED) is 0.259. The molecule has 160 valence electrons. The smallest absolute Gasteiger partial charge is 0.187 e. The van der Waals surface area contributed by atoms with E-state index >= 15 is 0 Å². The fraction of sp³-hybridized carbons (Fsp3) is 0.160. The van der Waals surface area contributed by atoms with Gasteiger partial charge in [0.05, 0.1) is 12.1 Å². The minimum atomic E-state index is -0.206. The van der Waals surface area contributed by atoms with Gasteiger partial charge in [0, 0.05) is 21.2 Å². The highest BCUT2D eigenvalue weighted by atomic mass is 35.5. The number of carbonyl (C=O) groups is 1. The van der Waals surface area contributed by atoms with Crippen molar-refractivity contribution in [2.45, 2.75) is 20.5 Å². The molecule has 3 aromatic carbocycles. The summed E-state index contributed by atoms with van der Waals surface area (Å²) < 4.78 is 11.4. The van der Waals surface area contributed by atoms with Crippen LogP contribution in [0.3, 0.4) is 0 Å². The first-order valence-electron chi connectivity index (χ1n) is 9.52. The molecule has 0 spiro atoms. The van der Waals surface area contributed by atoms with E-state index in [9.17, 15) is 4.79 Å². The third-order valence-electron chi connectivity index (χ3n) is 4.73. The zero-order valence-corrected chi connectivity index (χ0v) is 19.6. The summed E-state index contributed by atoms with van der Waals surface area (Å²) in [5.41, 5.74) is 4.00. The van der Waals surface area contributed by atoms with Crippen LogP contribution in [-0.4, -0.2) is 12.9 Å². The summed E-state index contributed by atoms with van der Waals surface area (Å²) in [6.45, 7) is 4.19. The van der Waals surface area contributed by atoms with Crippen LogP contribution in [0.5, 0.6) is 11.5 Å². The van der Waals surface area contributed by atoms with E-state index in [1.807, 2.05) is 44.2 Å². The average molecular weight is 476 g/mol. The topological polar surface area (TPSA) is 35.5 Å². The first-order chi connectivity index (χ1) is 14.8. The van der Waals surface area contributed by atoms with Crippen LogP contribution in [0.2, 0.25) is 15.1 Å². The fourth-order valence-corrected chi connectivity index (χ4v) is 3.73. The summed E-state index contributed by atoms with van der Waals surface area (Å²) in [5.74, 6) is 1.23. The highest BCUT2D eigenvalue weighted by molar-refractivity contribution is 6.37. The van der Waals surface area contributed by atoms with Gasteiger partial charge in [-0.05, 0) is 79.1 Å². The highest BCUT2D eigenvalue weighted by Gasteiger charge is 2.10. The number of methoxy groups -OCH3 is 1. The maximum Gasteiger partial charge on any atom is 0.187 e. The number of ketones is 1. The predicted molar refractivity (Wildman–Crippen MR) is 128 cm³/mol. The third-order valence-corrected chi connectivity index (χ3v) is 5.88. The Balaban J connectivity index is 1.78. The van der Waals surface area contributed by atoms with Crippen LogP contribution >= 0.6 is 34.8 Å². The Bertz CT molecular complexity index is 1130. The highest BCUT2D eigenvalue weighted by Crippen LogP contribution is 2.28. The minimum absolute atomic E-state index is 0.206. The molecule has 0 heterocycles. The van der Waals surface area contributed by atoms with Crippen molar-refractivity contribution < 1.29 is 14.3 Å². The second-order valence-corrected chi connectivity index (χ2v) is 8.27. The van der Waals surface area contributed by atoms with Gasteiger partial charge in [-0.1, -0.05) is 46.9 Å². The van der Waals surface area contributed by atoms with Crippen molar-refractivity contribution in [3.8, 4) is 11.5 Å². The molecule has 0 amide bonds. The second kappa shape index (κ2) is 10.2. The molecule has 0 aliphatic rings. The summed E-state index contributed by atoms with van der Waals surface area (Å²) >= 11 is 18.2. The van der Waals surface area contributed by atoms with Crippen LogP contribution < -0.4 is 9.47 Å². The van der Waals surface area contributed by atoms with Gasteiger partial charge in [0.1, 0.15) is 18.1 Å². The number of carbonyl (C=O) groups excluding carboxylic acids is 1. The summed E-state index contributed by atoms with van der Waals surface area (Å²) in [5, 5.41) is 1.54. The molecule has 0 N–H and O–H groups in total. The molecule has 0 radical (unpaired) electrons. The van der Waals surface area contributed by atoms with Gasteiger partial charge >= 0.3 is 0 Å². The van der Waals surface area contributed by atoms with Gasteiger partial charge in [-0.25, -0.2) is 0 Å². The van der Waals surface area contributed by atoms with Crippen LogP contribution in [0.25, 0.3) is 6.08 Å². The minimum Gasteiger partial charge on any atom is -0.496 e. The molecule has 0 saturated heterocycles. The van der Waals surface area contributed by atoms with Gasteiger partial charge in [0.25, 0.3) is 0 Å². The number of hydrogen-bond donors (Lipinski definition) is 0. The number of aryl methyl sites for hydroxylation is 2. The van der Waals surface area contributed by atoms with Crippen molar-refractivity contribution in [1.82, 2.24) is 0 Å². The van der Waals surface area contributed by atoms with Crippen molar-refractivity contribution in [1.29, 1.82) is 0 Å². The van der Waals surface area contributed by atoms with Crippen LogP contribution in [-0.2, 0) is 6.61 Å². The maximum atomic E-state index is 12.5. The lowest BCUT2D eigenvalue weighted by molar-refractivity contribution is 0.104. The van der Waals surface area contributed by atoms with Gasteiger partial charge in [-0.2, -0.15) is 0 Å². The van der Waals surface area contributed by atoms with E-state index in [2.05, 4.69) is 0 Å². The van der Waals surface area contributed by atoms with Crippen molar-refractivity contribution in [3.63, 3.8) is 0 Å². The van der Waals surface area contributed by atoms with Crippen molar-refractivity contribution in [2.24, 2.45) is 0 Å². The molecule has 3 nitrogen and oxygen atoms in total. The molecule has 0 aliphatic carbocycles. The van der Waals surface area contributed by atoms with Gasteiger partial charge in [0.15, 0.2) is 5.78 Å². The van der Waals surface area contributed by atoms with Crippen LogP contribution in [0.1, 0.15) is 32.6 Å². The maximum absolute atomic E-state index is 12.5. The van der Waals surface area contributed by atoms with Crippen molar-refractivity contribution in [2.75, 3.05) is 7.11 Å². The van der Waals surface area contributed by atoms with E-state index in [1.54, 1.807) is 31.4 Å². The Morgan fingerprint density at radius 2 is 1.68 bits per heavy atom. The molecule has 0 atom stereocenters. The molecule has 31 heavy (non-hydrogen) atoms. The van der Waals surface area contributed by atoms with E-state index in [1.165, 1.54) is 6.08 Å². The number of benzene rings is 3. The Hall–Kier alpha value is -2.46. The lowest BCUT2D eigenvalue weighted by Crippen LogP contribution is -2.00. The molecule has 6 heteroatoms. The SMILES string of the molecule is COc1ccc(/C=C/C(=O)c2ccc(Cl)cc2Cl)cc1COc1cc(C)c(Cl)c(C)c1. The first kappa shape index (κ1) is 23.2. The molecule has 0 saturated carbocycles. The zero-order valence-electron chi connectivity index (χ0n) is 17.3. The van der Waals surface area contributed by atoms with E-state index in [4.69, 9.17) is 44.3 Å². The predicted octanol–water partition coefficient (Wildman–Crippen LogP) is 7.75. The fourth-order valence-electron chi connectivity index (χ4n) is 3.12. The van der Waals surface area contributed by atoms with E-state index in [-0.39, 0.29) is 5.78 Å². The Morgan fingerprint density at radius 1 is 0.968 bits per heavy atom. The number of rotatable bonds is 7.